The second-order valence-electron chi connectivity index (χ2n) is 7.87. The van der Waals surface area contributed by atoms with Crippen LogP contribution < -0.4 is 24.8 Å². The number of carbonyl (C=O) groups is 1. The lowest BCUT2D eigenvalue weighted by atomic mass is 10.0. The Morgan fingerprint density at radius 3 is 2.25 bits per heavy atom. The molecule has 0 amide bonds. The highest BCUT2D eigenvalue weighted by molar-refractivity contribution is 6.04. The molecule has 0 aliphatic carbocycles. The monoisotopic (exact) mass is 490 g/mol. The first kappa shape index (κ1) is 24.5. The second-order valence-corrected chi connectivity index (χ2v) is 7.87. The van der Waals surface area contributed by atoms with Gasteiger partial charge in [0.15, 0.2) is 23.9 Å². The molecule has 0 spiro atoms. The number of ether oxygens (including phenoxy) is 4. The lowest BCUT2D eigenvalue weighted by molar-refractivity contribution is 0.0464. The summed E-state index contributed by atoms with van der Waals surface area (Å²) in [7, 11) is 8.15. The summed E-state index contributed by atoms with van der Waals surface area (Å²) in [6, 6.07) is 12.5. The molecule has 0 aliphatic heterocycles. The van der Waals surface area contributed by atoms with Crippen LogP contribution in [-0.2, 0) is 11.3 Å². The molecule has 11 heteroatoms. The summed E-state index contributed by atoms with van der Waals surface area (Å²) in [5.74, 6) is 1.48. The zero-order valence-corrected chi connectivity index (χ0v) is 20.6. The number of aromatic nitrogens is 4. The van der Waals surface area contributed by atoms with Crippen LogP contribution in [0.5, 0.6) is 17.2 Å². The first-order valence-electron chi connectivity index (χ1n) is 10.9. The Labute approximate surface area is 207 Å². The molecule has 2 aromatic heterocycles. The number of rotatable bonds is 8. The lowest BCUT2D eigenvalue weighted by Crippen LogP contribution is -2.17. The molecule has 0 saturated carbocycles. The summed E-state index contributed by atoms with van der Waals surface area (Å²) in [5, 5.41) is 0.642. The van der Waals surface area contributed by atoms with Gasteiger partial charge in [0.1, 0.15) is 0 Å². The van der Waals surface area contributed by atoms with Gasteiger partial charge in [-0.15, -0.1) is 0 Å². The van der Waals surface area contributed by atoms with Crippen LogP contribution in [0.25, 0.3) is 22.2 Å². The standard InChI is InChI=1S/C25H26N6O5/c1-31(2)25-29-21(28-24(26)30-25)13-36-23(32)16-12-18(27-17-9-7-6-8-15(16)17)14-10-19(33-3)22(35-5)20(11-14)34-4/h6-12H,13H2,1-5H3,(H2,26,28,29,30). The van der Waals surface area contributed by atoms with Crippen molar-refractivity contribution in [2.24, 2.45) is 0 Å². The van der Waals surface area contributed by atoms with Crippen molar-refractivity contribution in [2.45, 2.75) is 6.61 Å². The van der Waals surface area contributed by atoms with Crippen molar-refractivity contribution in [3.63, 3.8) is 0 Å². The van der Waals surface area contributed by atoms with Crippen LogP contribution in [0, 0.1) is 0 Å². The van der Waals surface area contributed by atoms with Crippen molar-refractivity contribution in [1.29, 1.82) is 0 Å². The fraction of sp³-hybridized carbons (Fsp3) is 0.240. The number of nitrogen functional groups attached to an aromatic ring is 1. The Balaban J connectivity index is 1.73. The van der Waals surface area contributed by atoms with Crippen LogP contribution in [0.3, 0.4) is 0 Å². The Kier molecular flexibility index (Phi) is 7.00. The van der Waals surface area contributed by atoms with Gasteiger partial charge < -0.3 is 29.6 Å². The van der Waals surface area contributed by atoms with Crippen molar-refractivity contribution >= 4 is 28.8 Å². The lowest BCUT2D eigenvalue weighted by Gasteiger charge is -2.15. The molecule has 0 saturated heterocycles. The second kappa shape index (κ2) is 10.3. The number of carbonyl (C=O) groups excluding carboxylic acids is 1. The zero-order valence-electron chi connectivity index (χ0n) is 20.6. The number of para-hydroxylation sites is 1. The Hall–Kier alpha value is -4.67. The third kappa shape index (κ3) is 4.90. The molecule has 11 nitrogen and oxygen atoms in total. The van der Waals surface area contributed by atoms with Gasteiger partial charge in [0.25, 0.3) is 0 Å². The van der Waals surface area contributed by atoms with E-state index in [2.05, 4.69) is 15.0 Å². The largest absolute Gasteiger partial charge is 0.493 e. The first-order chi connectivity index (χ1) is 17.3. The molecular formula is C25H26N6O5. The number of anilines is 2. The van der Waals surface area contributed by atoms with Crippen LogP contribution in [0.2, 0.25) is 0 Å². The van der Waals surface area contributed by atoms with Gasteiger partial charge in [-0.05, 0) is 24.3 Å². The molecule has 2 heterocycles. The molecule has 186 valence electrons. The molecule has 0 fully saturated rings. The first-order valence-corrected chi connectivity index (χ1v) is 10.9. The van der Waals surface area contributed by atoms with Gasteiger partial charge in [0.05, 0.1) is 38.1 Å². The molecule has 36 heavy (non-hydrogen) atoms. The van der Waals surface area contributed by atoms with Gasteiger partial charge in [-0.25, -0.2) is 9.78 Å². The smallest absolute Gasteiger partial charge is 0.339 e. The van der Waals surface area contributed by atoms with E-state index in [0.717, 1.165) is 0 Å². The fourth-order valence-electron chi connectivity index (χ4n) is 3.62. The van der Waals surface area contributed by atoms with E-state index in [1.165, 1.54) is 21.3 Å². The summed E-state index contributed by atoms with van der Waals surface area (Å²) in [6.45, 7) is -0.178. The number of pyridine rings is 1. The van der Waals surface area contributed by atoms with Crippen LogP contribution in [0.15, 0.2) is 42.5 Å². The molecule has 2 N–H and O–H groups in total. The van der Waals surface area contributed by atoms with Gasteiger partial charge in [-0.3, -0.25) is 0 Å². The molecule has 4 aromatic rings. The fourth-order valence-corrected chi connectivity index (χ4v) is 3.62. The topological polar surface area (TPSA) is 135 Å². The summed E-state index contributed by atoms with van der Waals surface area (Å²) in [6.07, 6.45) is 0. The Bertz CT molecular complexity index is 1400. The van der Waals surface area contributed by atoms with E-state index in [1.54, 1.807) is 37.2 Å². The van der Waals surface area contributed by atoms with Gasteiger partial charge in [0.2, 0.25) is 17.6 Å². The highest BCUT2D eigenvalue weighted by Crippen LogP contribution is 2.41. The van der Waals surface area contributed by atoms with Crippen molar-refractivity contribution < 1.29 is 23.7 Å². The minimum atomic E-state index is -0.562. The van der Waals surface area contributed by atoms with E-state index in [9.17, 15) is 4.79 Å². The van der Waals surface area contributed by atoms with Gasteiger partial charge in [-0.1, -0.05) is 18.2 Å². The third-order valence-corrected chi connectivity index (χ3v) is 5.32. The van der Waals surface area contributed by atoms with E-state index < -0.39 is 5.97 Å². The minimum absolute atomic E-state index is 0.0406. The zero-order chi connectivity index (χ0) is 25.8. The maximum atomic E-state index is 13.2. The Morgan fingerprint density at radius 2 is 1.61 bits per heavy atom. The van der Waals surface area contributed by atoms with Crippen molar-refractivity contribution in [1.82, 2.24) is 19.9 Å². The van der Waals surface area contributed by atoms with Gasteiger partial charge >= 0.3 is 5.97 Å². The number of hydrogen-bond acceptors (Lipinski definition) is 11. The highest BCUT2D eigenvalue weighted by Gasteiger charge is 2.19. The van der Waals surface area contributed by atoms with Crippen LogP contribution in [0.4, 0.5) is 11.9 Å². The molecule has 2 aromatic carbocycles. The average Bonchev–Trinajstić information content (AvgIpc) is 2.89. The average molecular weight is 491 g/mol. The summed E-state index contributed by atoms with van der Waals surface area (Å²) >= 11 is 0. The molecule has 0 radical (unpaired) electrons. The van der Waals surface area contributed by atoms with Gasteiger partial charge in [-0.2, -0.15) is 15.0 Å². The number of nitrogens with zero attached hydrogens (tertiary/aromatic N) is 5. The quantitative estimate of drug-likeness (QED) is 0.365. The highest BCUT2D eigenvalue weighted by atomic mass is 16.5. The van der Waals surface area contributed by atoms with E-state index in [-0.39, 0.29) is 18.4 Å². The van der Waals surface area contributed by atoms with E-state index in [1.807, 2.05) is 24.3 Å². The summed E-state index contributed by atoms with van der Waals surface area (Å²) in [4.78, 5) is 32.0. The summed E-state index contributed by atoms with van der Waals surface area (Å²) in [5.41, 5.74) is 7.93. The normalized spacial score (nSPS) is 10.7. The van der Waals surface area contributed by atoms with E-state index >= 15 is 0 Å². The number of methoxy groups -OCH3 is 3. The molecule has 0 bridgehead atoms. The maximum absolute atomic E-state index is 13.2. The van der Waals surface area contributed by atoms with Crippen molar-refractivity contribution in [3.05, 3.63) is 53.9 Å². The SMILES string of the molecule is COc1cc(-c2cc(C(=O)OCc3nc(N)nc(N(C)C)n3)c3ccccc3n2)cc(OC)c1OC. The van der Waals surface area contributed by atoms with Crippen LogP contribution in [-0.4, -0.2) is 61.3 Å². The minimum Gasteiger partial charge on any atom is -0.493 e. The number of nitrogens with two attached hydrogens (primary N) is 1. The summed E-state index contributed by atoms with van der Waals surface area (Å²) < 4.78 is 21.9. The number of hydrogen-bond donors (Lipinski definition) is 1. The predicted octanol–water partition coefficient (Wildman–Crippen LogP) is 3.12. The van der Waals surface area contributed by atoms with Crippen LogP contribution >= 0.6 is 0 Å². The Morgan fingerprint density at radius 1 is 0.917 bits per heavy atom. The van der Waals surface area contributed by atoms with E-state index in [0.29, 0.717) is 50.9 Å². The molecule has 0 atom stereocenters. The van der Waals surface area contributed by atoms with Crippen molar-refractivity contribution in [2.75, 3.05) is 46.1 Å². The third-order valence-electron chi connectivity index (χ3n) is 5.32. The molecular weight excluding hydrogens is 464 g/mol. The van der Waals surface area contributed by atoms with Crippen LogP contribution in [0.1, 0.15) is 16.2 Å². The maximum Gasteiger partial charge on any atom is 0.339 e. The number of fused-ring (bicyclic) bond motifs is 1. The predicted molar refractivity (Wildman–Crippen MR) is 135 cm³/mol. The molecule has 0 unspecified atom stereocenters. The number of esters is 1. The van der Waals surface area contributed by atoms with Crippen molar-refractivity contribution in [3.8, 4) is 28.5 Å². The molecule has 4 rings (SSSR count). The van der Waals surface area contributed by atoms with E-state index in [4.69, 9.17) is 29.7 Å². The van der Waals surface area contributed by atoms with Gasteiger partial charge in [0, 0.05) is 25.0 Å². The number of benzene rings is 2. The molecule has 0 aliphatic rings.